The number of ether oxygens (including phenoxy) is 2. The lowest BCUT2D eigenvalue weighted by atomic mass is 10.2. The zero-order chi connectivity index (χ0) is 12.9. The summed E-state index contributed by atoms with van der Waals surface area (Å²) in [6.07, 6.45) is 2.59. The number of rotatable bonds is 5. The van der Waals surface area contributed by atoms with E-state index in [4.69, 9.17) is 4.74 Å². The summed E-state index contributed by atoms with van der Waals surface area (Å²) >= 11 is 0. The van der Waals surface area contributed by atoms with Crippen LogP contribution in [0.5, 0.6) is 0 Å². The van der Waals surface area contributed by atoms with Gasteiger partial charge >= 0.3 is 5.97 Å². The first-order valence-corrected chi connectivity index (χ1v) is 5.30. The van der Waals surface area contributed by atoms with Crippen LogP contribution in [0, 0.1) is 0 Å². The van der Waals surface area contributed by atoms with E-state index in [1.807, 2.05) is 37.3 Å². The standard InChI is InChI=1S/C10H10O2.C4H8O/c1-2-10(11)12-8-9-6-4-3-5-7-9;1-3-5-4-2/h2-7H,1,8H2;3H,1,4H2,2H3. The highest BCUT2D eigenvalue weighted by Crippen LogP contribution is 2.00. The molecular formula is C14H18O3. The zero-order valence-electron chi connectivity index (χ0n) is 10.1. The van der Waals surface area contributed by atoms with Crippen molar-refractivity contribution in [2.24, 2.45) is 0 Å². The molecule has 0 aliphatic heterocycles. The van der Waals surface area contributed by atoms with Crippen LogP contribution in [0.1, 0.15) is 12.5 Å². The molecule has 0 aromatic heterocycles. The number of carbonyl (C=O) groups is 1. The molecule has 0 unspecified atom stereocenters. The monoisotopic (exact) mass is 234 g/mol. The van der Waals surface area contributed by atoms with E-state index >= 15 is 0 Å². The molecule has 3 nitrogen and oxygen atoms in total. The van der Waals surface area contributed by atoms with Crippen molar-refractivity contribution in [2.45, 2.75) is 13.5 Å². The van der Waals surface area contributed by atoms with E-state index in [2.05, 4.69) is 17.9 Å². The highest BCUT2D eigenvalue weighted by Gasteiger charge is 1.95. The Morgan fingerprint density at radius 1 is 1.29 bits per heavy atom. The van der Waals surface area contributed by atoms with Crippen LogP contribution in [0.4, 0.5) is 0 Å². The molecule has 0 heterocycles. The van der Waals surface area contributed by atoms with Crippen molar-refractivity contribution < 1.29 is 14.3 Å². The fourth-order valence-corrected chi connectivity index (χ4v) is 0.905. The predicted octanol–water partition coefficient (Wildman–Crippen LogP) is 3.08. The highest BCUT2D eigenvalue weighted by molar-refractivity contribution is 5.81. The molecule has 1 aromatic rings. The second-order valence-corrected chi connectivity index (χ2v) is 2.92. The maximum atomic E-state index is 10.6. The van der Waals surface area contributed by atoms with Crippen LogP contribution in [-0.4, -0.2) is 12.6 Å². The van der Waals surface area contributed by atoms with Crippen molar-refractivity contribution in [1.82, 2.24) is 0 Å². The molecule has 0 aliphatic rings. The molecule has 0 radical (unpaired) electrons. The first-order chi connectivity index (χ1) is 8.24. The fraction of sp³-hybridized carbons (Fsp3) is 0.214. The normalized spacial score (nSPS) is 8.29. The molecule has 0 atom stereocenters. The number of hydrogen-bond acceptors (Lipinski definition) is 3. The quantitative estimate of drug-likeness (QED) is 0.446. The molecule has 1 rings (SSSR count). The van der Waals surface area contributed by atoms with Crippen LogP contribution in [0.3, 0.4) is 0 Å². The van der Waals surface area contributed by atoms with Gasteiger partial charge in [-0.3, -0.25) is 0 Å². The van der Waals surface area contributed by atoms with Gasteiger partial charge in [-0.1, -0.05) is 43.5 Å². The SMILES string of the molecule is C=CC(=O)OCc1ccccc1.C=COCC. The van der Waals surface area contributed by atoms with Gasteiger partial charge in [0.1, 0.15) is 6.61 Å². The van der Waals surface area contributed by atoms with Crippen LogP contribution in [-0.2, 0) is 20.9 Å². The summed E-state index contributed by atoms with van der Waals surface area (Å²) in [7, 11) is 0. The first kappa shape index (κ1) is 15.0. The third kappa shape index (κ3) is 8.93. The highest BCUT2D eigenvalue weighted by atomic mass is 16.5. The molecule has 0 spiro atoms. The molecule has 17 heavy (non-hydrogen) atoms. The Kier molecular flexibility index (Phi) is 9.23. The van der Waals surface area contributed by atoms with Gasteiger partial charge in [-0.15, -0.1) is 0 Å². The summed E-state index contributed by atoms with van der Waals surface area (Å²) < 4.78 is 9.42. The minimum atomic E-state index is -0.390. The van der Waals surface area contributed by atoms with Gasteiger partial charge in [0, 0.05) is 6.08 Å². The van der Waals surface area contributed by atoms with Crippen LogP contribution in [0.2, 0.25) is 0 Å². The Hall–Kier alpha value is -2.03. The number of benzene rings is 1. The molecule has 92 valence electrons. The topological polar surface area (TPSA) is 35.5 Å². The van der Waals surface area contributed by atoms with Gasteiger partial charge in [-0.2, -0.15) is 0 Å². The van der Waals surface area contributed by atoms with E-state index in [1.165, 1.54) is 6.26 Å². The Bertz CT molecular complexity index is 331. The molecule has 0 amide bonds. The summed E-state index contributed by atoms with van der Waals surface area (Å²) in [5, 5.41) is 0. The van der Waals surface area contributed by atoms with Crippen molar-refractivity contribution >= 4 is 5.97 Å². The fourth-order valence-electron chi connectivity index (χ4n) is 0.905. The van der Waals surface area contributed by atoms with Crippen LogP contribution >= 0.6 is 0 Å². The van der Waals surface area contributed by atoms with E-state index in [9.17, 15) is 4.79 Å². The molecule has 0 bridgehead atoms. The molecule has 3 heteroatoms. The average molecular weight is 234 g/mol. The molecule has 0 saturated heterocycles. The maximum absolute atomic E-state index is 10.6. The van der Waals surface area contributed by atoms with E-state index in [0.29, 0.717) is 6.61 Å². The molecule has 0 aliphatic carbocycles. The lowest BCUT2D eigenvalue weighted by Crippen LogP contribution is -1.99. The third-order valence-electron chi connectivity index (χ3n) is 1.68. The summed E-state index contributed by atoms with van der Waals surface area (Å²) in [5.74, 6) is -0.390. The predicted molar refractivity (Wildman–Crippen MR) is 68.3 cm³/mol. The molecule has 0 N–H and O–H groups in total. The van der Waals surface area contributed by atoms with Crippen molar-refractivity contribution in [1.29, 1.82) is 0 Å². The maximum Gasteiger partial charge on any atom is 0.330 e. The van der Waals surface area contributed by atoms with E-state index in [0.717, 1.165) is 18.2 Å². The Morgan fingerprint density at radius 2 is 1.94 bits per heavy atom. The molecule has 0 fully saturated rings. The van der Waals surface area contributed by atoms with Crippen LogP contribution in [0.15, 0.2) is 55.8 Å². The third-order valence-corrected chi connectivity index (χ3v) is 1.68. The molecule has 1 aromatic carbocycles. The van der Waals surface area contributed by atoms with Gasteiger partial charge < -0.3 is 9.47 Å². The van der Waals surface area contributed by atoms with E-state index < -0.39 is 0 Å². The van der Waals surface area contributed by atoms with Gasteiger partial charge in [0.2, 0.25) is 0 Å². The van der Waals surface area contributed by atoms with Crippen molar-refractivity contribution in [3.63, 3.8) is 0 Å². The second kappa shape index (κ2) is 10.5. The van der Waals surface area contributed by atoms with E-state index in [-0.39, 0.29) is 5.97 Å². The van der Waals surface area contributed by atoms with Gasteiger partial charge in [0.15, 0.2) is 0 Å². The minimum Gasteiger partial charge on any atom is -0.502 e. The molecular weight excluding hydrogens is 216 g/mol. The van der Waals surface area contributed by atoms with Gasteiger partial charge in [0.25, 0.3) is 0 Å². The minimum absolute atomic E-state index is 0.311. The van der Waals surface area contributed by atoms with Crippen molar-refractivity contribution in [3.8, 4) is 0 Å². The van der Waals surface area contributed by atoms with Crippen molar-refractivity contribution in [3.05, 3.63) is 61.4 Å². The summed E-state index contributed by atoms with van der Waals surface area (Å²) in [5.41, 5.74) is 0.979. The van der Waals surface area contributed by atoms with Gasteiger partial charge in [-0.05, 0) is 12.5 Å². The molecule has 0 saturated carbocycles. The van der Waals surface area contributed by atoms with Crippen LogP contribution in [0.25, 0.3) is 0 Å². The van der Waals surface area contributed by atoms with Gasteiger partial charge in [0.05, 0.1) is 12.9 Å². The number of hydrogen-bond donors (Lipinski definition) is 0. The lowest BCUT2D eigenvalue weighted by Gasteiger charge is -2.00. The average Bonchev–Trinajstić information content (AvgIpc) is 2.39. The second-order valence-electron chi connectivity index (χ2n) is 2.92. The smallest absolute Gasteiger partial charge is 0.330 e. The largest absolute Gasteiger partial charge is 0.502 e. The van der Waals surface area contributed by atoms with E-state index in [1.54, 1.807) is 0 Å². The van der Waals surface area contributed by atoms with Crippen molar-refractivity contribution in [2.75, 3.05) is 6.61 Å². The summed E-state index contributed by atoms with van der Waals surface area (Å²) in [6.45, 7) is 9.58. The lowest BCUT2D eigenvalue weighted by molar-refractivity contribution is -0.138. The van der Waals surface area contributed by atoms with Crippen LogP contribution < -0.4 is 0 Å². The first-order valence-electron chi connectivity index (χ1n) is 5.30. The summed E-state index contributed by atoms with van der Waals surface area (Å²) in [6, 6.07) is 9.51. The van der Waals surface area contributed by atoms with Gasteiger partial charge in [-0.25, -0.2) is 4.79 Å². The Balaban J connectivity index is 0.000000437. The Morgan fingerprint density at radius 3 is 2.35 bits per heavy atom. The zero-order valence-corrected chi connectivity index (χ0v) is 10.1. The number of esters is 1. The Labute approximate surface area is 102 Å². The summed E-state index contributed by atoms with van der Waals surface area (Å²) in [4.78, 5) is 10.6. The number of carbonyl (C=O) groups excluding carboxylic acids is 1.